The first kappa shape index (κ1) is 19.1. The summed E-state index contributed by atoms with van der Waals surface area (Å²) in [5, 5.41) is 3.29. The van der Waals surface area contributed by atoms with E-state index in [0.717, 1.165) is 10.0 Å². The van der Waals surface area contributed by atoms with Crippen molar-refractivity contribution in [2.45, 2.75) is 20.0 Å². The van der Waals surface area contributed by atoms with Gasteiger partial charge in [-0.25, -0.2) is 0 Å². The third kappa shape index (κ3) is 4.14. The molecular weight excluding hydrogens is 434 g/mol. The van der Waals surface area contributed by atoms with E-state index in [1.54, 1.807) is 42.1 Å². The van der Waals surface area contributed by atoms with Crippen LogP contribution >= 0.6 is 15.9 Å². The molecule has 0 bridgehead atoms. The summed E-state index contributed by atoms with van der Waals surface area (Å²) in [4.78, 5) is 30.1. The number of rotatable bonds is 5. The van der Waals surface area contributed by atoms with Crippen LogP contribution in [0.3, 0.4) is 0 Å². The van der Waals surface area contributed by atoms with Crippen LogP contribution in [0.5, 0.6) is 0 Å². The highest BCUT2D eigenvalue weighted by molar-refractivity contribution is 9.10. The molecule has 3 aromatic heterocycles. The van der Waals surface area contributed by atoms with Gasteiger partial charge in [-0.1, -0.05) is 28.1 Å². The van der Waals surface area contributed by atoms with Crippen molar-refractivity contribution in [1.82, 2.24) is 14.9 Å². The van der Waals surface area contributed by atoms with Gasteiger partial charge in [0.25, 0.3) is 11.5 Å². The Bertz CT molecular complexity index is 1230. The average molecular weight is 452 g/mol. The Morgan fingerprint density at radius 1 is 1.21 bits per heavy atom. The molecule has 0 radical (unpaired) electrons. The topological polar surface area (TPSA) is 77.1 Å². The zero-order valence-corrected chi connectivity index (χ0v) is 17.3. The van der Waals surface area contributed by atoms with Crippen LogP contribution in [0, 0.1) is 6.92 Å². The monoisotopic (exact) mass is 451 g/mol. The van der Waals surface area contributed by atoms with Crippen LogP contribution in [0.25, 0.3) is 10.9 Å². The quantitative estimate of drug-likeness (QED) is 0.496. The lowest BCUT2D eigenvalue weighted by atomic mass is 10.1. The lowest BCUT2D eigenvalue weighted by molar-refractivity contribution is 0.0950. The first-order valence-electron chi connectivity index (χ1n) is 9.07. The summed E-state index contributed by atoms with van der Waals surface area (Å²) in [5.41, 5.74) is 2.30. The Morgan fingerprint density at radius 2 is 2.00 bits per heavy atom. The maximum atomic E-state index is 12.9. The predicted molar refractivity (Wildman–Crippen MR) is 114 cm³/mol. The molecule has 0 aliphatic carbocycles. The number of furan rings is 1. The number of aryl methyl sites for hydroxylation is 1. The first-order chi connectivity index (χ1) is 14.0. The summed E-state index contributed by atoms with van der Waals surface area (Å²) < 4.78 is 7.85. The molecule has 4 aromatic rings. The molecule has 146 valence electrons. The Balaban J connectivity index is 1.62. The van der Waals surface area contributed by atoms with Gasteiger partial charge in [-0.3, -0.25) is 14.6 Å². The van der Waals surface area contributed by atoms with Crippen molar-refractivity contribution >= 4 is 32.7 Å². The minimum absolute atomic E-state index is 0.214. The van der Waals surface area contributed by atoms with Crippen molar-refractivity contribution < 1.29 is 9.21 Å². The lowest BCUT2D eigenvalue weighted by Gasteiger charge is -2.10. The van der Waals surface area contributed by atoms with Gasteiger partial charge in [-0.2, -0.15) is 0 Å². The van der Waals surface area contributed by atoms with E-state index in [1.165, 1.54) is 0 Å². The molecule has 6 nitrogen and oxygen atoms in total. The number of fused-ring (bicyclic) bond motifs is 1. The molecule has 4 rings (SSSR count). The second-order valence-electron chi connectivity index (χ2n) is 6.69. The smallest absolute Gasteiger partial charge is 0.260 e. The number of carbonyl (C=O) groups is 1. The maximum Gasteiger partial charge on any atom is 0.260 e. The average Bonchev–Trinajstić information content (AvgIpc) is 3.22. The van der Waals surface area contributed by atoms with Crippen LogP contribution in [-0.4, -0.2) is 15.5 Å². The highest BCUT2D eigenvalue weighted by Gasteiger charge is 2.14. The number of halogens is 1. The number of pyridine rings is 2. The van der Waals surface area contributed by atoms with Gasteiger partial charge in [0.15, 0.2) is 0 Å². The van der Waals surface area contributed by atoms with Gasteiger partial charge in [0.1, 0.15) is 5.76 Å². The van der Waals surface area contributed by atoms with Crippen molar-refractivity contribution in [1.29, 1.82) is 0 Å². The normalized spacial score (nSPS) is 11.0. The number of benzene rings is 1. The van der Waals surface area contributed by atoms with E-state index in [9.17, 15) is 9.59 Å². The van der Waals surface area contributed by atoms with Gasteiger partial charge in [0.05, 0.1) is 35.0 Å². The summed E-state index contributed by atoms with van der Waals surface area (Å²) in [6.45, 7) is 2.48. The van der Waals surface area contributed by atoms with Crippen LogP contribution in [0.2, 0.25) is 0 Å². The largest absolute Gasteiger partial charge is 0.467 e. The summed E-state index contributed by atoms with van der Waals surface area (Å²) >= 11 is 3.39. The molecule has 0 aliphatic heterocycles. The first-order valence-corrected chi connectivity index (χ1v) is 9.86. The SMILES string of the molecule is Cc1nc2ccn(Cc3ccco3)c(=O)c2cc1C(=O)NCc1ccc(Br)cc1. The lowest BCUT2D eigenvalue weighted by Crippen LogP contribution is -2.25. The molecule has 7 heteroatoms. The van der Waals surface area contributed by atoms with Gasteiger partial charge >= 0.3 is 0 Å². The van der Waals surface area contributed by atoms with Crippen LogP contribution in [-0.2, 0) is 13.1 Å². The van der Waals surface area contributed by atoms with E-state index >= 15 is 0 Å². The molecule has 0 fully saturated rings. The van der Waals surface area contributed by atoms with Crippen molar-refractivity contribution in [3.05, 3.63) is 98.4 Å². The molecule has 0 unspecified atom stereocenters. The highest BCUT2D eigenvalue weighted by atomic mass is 79.9. The maximum absolute atomic E-state index is 12.9. The third-order valence-electron chi connectivity index (χ3n) is 4.66. The fraction of sp³-hybridized carbons (Fsp3) is 0.136. The molecule has 0 saturated carbocycles. The standard InChI is InChI=1S/C22H18BrN3O3/c1-14-18(21(27)24-12-15-4-6-16(23)7-5-15)11-19-20(25-14)8-9-26(22(19)28)13-17-3-2-10-29-17/h2-11H,12-13H2,1H3,(H,24,27). The Morgan fingerprint density at radius 3 is 2.72 bits per heavy atom. The van der Waals surface area contributed by atoms with Gasteiger partial charge < -0.3 is 14.3 Å². The summed E-state index contributed by atoms with van der Waals surface area (Å²) in [7, 11) is 0. The fourth-order valence-electron chi connectivity index (χ4n) is 3.11. The Labute approximate surface area is 175 Å². The molecule has 0 aliphatic rings. The van der Waals surface area contributed by atoms with E-state index in [2.05, 4.69) is 26.2 Å². The van der Waals surface area contributed by atoms with Crippen molar-refractivity contribution in [2.24, 2.45) is 0 Å². The van der Waals surface area contributed by atoms with E-state index in [1.807, 2.05) is 30.3 Å². The van der Waals surface area contributed by atoms with Gasteiger partial charge in [0.2, 0.25) is 0 Å². The molecule has 1 N–H and O–H groups in total. The number of hydrogen-bond acceptors (Lipinski definition) is 4. The fourth-order valence-corrected chi connectivity index (χ4v) is 3.37. The second-order valence-corrected chi connectivity index (χ2v) is 7.61. The molecule has 0 spiro atoms. The summed E-state index contributed by atoms with van der Waals surface area (Å²) in [6.07, 6.45) is 3.26. The minimum Gasteiger partial charge on any atom is -0.467 e. The zero-order chi connectivity index (χ0) is 20.4. The Hall–Kier alpha value is -3.19. The van der Waals surface area contributed by atoms with Gasteiger partial charge in [0, 0.05) is 17.2 Å². The second kappa shape index (κ2) is 8.05. The number of hydrogen-bond donors (Lipinski definition) is 1. The van der Waals surface area contributed by atoms with Gasteiger partial charge in [-0.05, 0) is 48.9 Å². The van der Waals surface area contributed by atoms with Crippen LogP contribution < -0.4 is 10.9 Å². The Kier molecular flexibility index (Phi) is 5.31. The van der Waals surface area contributed by atoms with E-state index in [4.69, 9.17) is 4.42 Å². The molecule has 3 heterocycles. The number of nitrogens with zero attached hydrogens (tertiary/aromatic N) is 2. The summed E-state index contributed by atoms with van der Waals surface area (Å²) in [6, 6.07) is 14.7. The number of carbonyl (C=O) groups excluding carboxylic acids is 1. The van der Waals surface area contributed by atoms with E-state index < -0.39 is 0 Å². The van der Waals surface area contributed by atoms with Crippen molar-refractivity contribution in [3.8, 4) is 0 Å². The number of amides is 1. The molecule has 0 saturated heterocycles. The molecule has 29 heavy (non-hydrogen) atoms. The molecule has 1 amide bonds. The summed E-state index contributed by atoms with van der Waals surface area (Å²) in [5.74, 6) is 0.416. The number of aromatic nitrogens is 2. The van der Waals surface area contributed by atoms with E-state index in [0.29, 0.717) is 41.0 Å². The zero-order valence-electron chi connectivity index (χ0n) is 15.7. The van der Waals surface area contributed by atoms with Crippen LogP contribution in [0.1, 0.15) is 27.4 Å². The molecular formula is C22H18BrN3O3. The third-order valence-corrected chi connectivity index (χ3v) is 5.19. The number of nitrogens with one attached hydrogen (secondary N) is 1. The van der Waals surface area contributed by atoms with Crippen molar-refractivity contribution in [2.75, 3.05) is 0 Å². The van der Waals surface area contributed by atoms with Crippen LogP contribution in [0.4, 0.5) is 0 Å². The molecule has 1 aromatic carbocycles. The highest BCUT2D eigenvalue weighted by Crippen LogP contribution is 2.15. The predicted octanol–water partition coefficient (Wildman–Crippen LogP) is 4.04. The minimum atomic E-state index is -0.263. The van der Waals surface area contributed by atoms with Crippen LogP contribution in [0.15, 0.2) is 74.7 Å². The van der Waals surface area contributed by atoms with Gasteiger partial charge in [-0.15, -0.1) is 0 Å². The van der Waals surface area contributed by atoms with E-state index in [-0.39, 0.29) is 11.5 Å². The van der Waals surface area contributed by atoms with Crippen molar-refractivity contribution in [3.63, 3.8) is 0 Å². The molecule has 0 atom stereocenters.